The molecule has 0 aliphatic heterocycles. The maximum absolute atomic E-state index is 5.93. The monoisotopic (exact) mass is 237 g/mol. The molecule has 1 aromatic carbocycles. The van der Waals surface area contributed by atoms with Crippen molar-refractivity contribution in [2.75, 3.05) is 7.11 Å². The maximum Gasteiger partial charge on any atom is 0.161 e. The quantitative estimate of drug-likeness (QED) is 0.799. The third kappa shape index (κ3) is 3.11. The largest absolute Gasteiger partial charge is 0.493 e. The molecule has 1 aliphatic rings. The van der Waals surface area contributed by atoms with E-state index in [9.17, 15) is 0 Å². The van der Waals surface area contributed by atoms with E-state index in [2.05, 4.69) is 4.84 Å². The molecule has 0 atom stereocenters. The molecule has 1 saturated carbocycles. The minimum Gasteiger partial charge on any atom is -0.493 e. The zero-order chi connectivity index (χ0) is 12.1. The van der Waals surface area contributed by atoms with Gasteiger partial charge in [0.2, 0.25) is 0 Å². The molecule has 4 nitrogen and oxygen atoms in total. The fraction of sp³-hybridized carbons (Fsp3) is 0.538. The predicted octanol–water partition coefficient (Wildman–Crippen LogP) is 2.41. The van der Waals surface area contributed by atoms with Gasteiger partial charge in [-0.05, 0) is 43.4 Å². The van der Waals surface area contributed by atoms with Crippen LogP contribution in [0.3, 0.4) is 0 Å². The average Bonchev–Trinajstić information content (AvgIpc) is 2.84. The van der Waals surface area contributed by atoms with Gasteiger partial charge in [-0.25, -0.2) is 5.90 Å². The predicted molar refractivity (Wildman–Crippen MR) is 64.9 cm³/mol. The lowest BCUT2D eigenvalue weighted by Crippen LogP contribution is -2.11. The standard InChI is InChI=1S/C13H19NO3/c1-15-13-8-10(9-16-14)6-7-12(13)17-11-4-2-3-5-11/h6-8,11H,2-5,9,14H2,1H3. The van der Waals surface area contributed by atoms with Crippen LogP contribution in [0.5, 0.6) is 11.5 Å². The lowest BCUT2D eigenvalue weighted by molar-refractivity contribution is 0.123. The van der Waals surface area contributed by atoms with E-state index in [1.807, 2.05) is 18.2 Å². The van der Waals surface area contributed by atoms with Crippen molar-refractivity contribution in [2.45, 2.75) is 38.4 Å². The second-order valence-electron chi connectivity index (χ2n) is 4.32. The van der Waals surface area contributed by atoms with Crippen LogP contribution in [0.2, 0.25) is 0 Å². The summed E-state index contributed by atoms with van der Waals surface area (Å²) < 4.78 is 11.3. The van der Waals surface area contributed by atoms with Gasteiger partial charge < -0.3 is 9.47 Å². The molecule has 0 bridgehead atoms. The second kappa shape index (κ2) is 5.89. The van der Waals surface area contributed by atoms with E-state index in [1.54, 1.807) is 7.11 Å². The lowest BCUT2D eigenvalue weighted by atomic mass is 10.2. The van der Waals surface area contributed by atoms with Gasteiger partial charge in [0.05, 0.1) is 19.8 Å². The van der Waals surface area contributed by atoms with Gasteiger partial charge in [0.15, 0.2) is 11.5 Å². The normalized spacial score (nSPS) is 16.1. The van der Waals surface area contributed by atoms with Crippen LogP contribution in [0.1, 0.15) is 31.2 Å². The Labute approximate surface area is 102 Å². The summed E-state index contributed by atoms with van der Waals surface area (Å²) >= 11 is 0. The van der Waals surface area contributed by atoms with E-state index in [1.165, 1.54) is 12.8 Å². The van der Waals surface area contributed by atoms with E-state index in [4.69, 9.17) is 15.4 Å². The van der Waals surface area contributed by atoms with Crippen molar-refractivity contribution >= 4 is 0 Å². The number of hydrogen-bond acceptors (Lipinski definition) is 4. The molecule has 2 rings (SSSR count). The molecule has 0 spiro atoms. The van der Waals surface area contributed by atoms with Crippen LogP contribution in [-0.2, 0) is 11.4 Å². The summed E-state index contributed by atoms with van der Waals surface area (Å²) in [7, 11) is 1.64. The lowest BCUT2D eigenvalue weighted by Gasteiger charge is -2.16. The summed E-state index contributed by atoms with van der Waals surface area (Å²) in [6.45, 7) is 0.375. The first kappa shape index (κ1) is 12.2. The smallest absolute Gasteiger partial charge is 0.161 e. The Morgan fingerprint density at radius 1 is 1.24 bits per heavy atom. The van der Waals surface area contributed by atoms with Crippen molar-refractivity contribution in [1.29, 1.82) is 0 Å². The molecule has 0 radical (unpaired) electrons. The van der Waals surface area contributed by atoms with Crippen molar-refractivity contribution in [2.24, 2.45) is 5.90 Å². The molecule has 1 aliphatic carbocycles. The molecular formula is C13H19NO3. The summed E-state index contributed by atoms with van der Waals surface area (Å²) in [4.78, 5) is 4.60. The SMILES string of the molecule is COc1cc(CON)ccc1OC1CCCC1. The summed E-state index contributed by atoms with van der Waals surface area (Å²) in [5, 5.41) is 0. The first-order valence-corrected chi connectivity index (χ1v) is 5.98. The molecule has 2 N–H and O–H groups in total. The Morgan fingerprint density at radius 2 is 2.00 bits per heavy atom. The summed E-state index contributed by atoms with van der Waals surface area (Å²) in [6, 6.07) is 5.77. The molecule has 0 heterocycles. The number of nitrogens with two attached hydrogens (primary N) is 1. The van der Waals surface area contributed by atoms with Crippen LogP contribution in [0.25, 0.3) is 0 Å². The van der Waals surface area contributed by atoms with Crippen molar-refractivity contribution in [3.05, 3.63) is 23.8 Å². The molecule has 1 aromatic rings. The number of benzene rings is 1. The van der Waals surface area contributed by atoms with Crippen molar-refractivity contribution in [3.63, 3.8) is 0 Å². The molecule has 0 unspecified atom stereocenters. The molecule has 17 heavy (non-hydrogen) atoms. The van der Waals surface area contributed by atoms with Gasteiger partial charge in [0, 0.05) is 0 Å². The fourth-order valence-electron chi connectivity index (χ4n) is 2.18. The Balaban J connectivity index is 2.09. The zero-order valence-electron chi connectivity index (χ0n) is 10.1. The van der Waals surface area contributed by atoms with Crippen LogP contribution in [-0.4, -0.2) is 13.2 Å². The van der Waals surface area contributed by atoms with E-state index in [0.717, 1.165) is 29.9 Å². The molecular weight excluding hydrogens is 218 g/mol. The van der Waals surface area contributed by atoms with E-state index >= 15 is 0 Å². The molecule has 0 amide bonds. The van der Waals surface area contributed by atoms with Gasteiger partial charge in [-0.3, -0.25) is 4.84 Å². The first-order chi connectivity index (χ1) is 8.33. The molecule has 94 valence electrons. The van der Waals surface area contributed by atoms with Crippen LogP contribution < -0.4 is 15.4 Å². The minimum absolute atomic E-state index is 0.334. The van der Waals surface area contributed by atoms with Gasteiger partial charge in [-0.1, -0.05) is 6.07 Å². The highest BCUT2D eigenvalue weighted by Crippen LogP contribution is 2.32. The third-order valence-corrected chi connectivity index (χ3v) is 3.07. The minimum atomic E-state index is 0.334. The Kier molecular flexibility index (Phi) is 4.23. The first-order valence-electron chi connectivity index (χ1n) is 5.98. The van der Waals surface area contributed by atoms with Crippen molar-refractivity contribution < 1.29 is 14.3 Å². The van der Waals surface area contributed by atoms with Gasteiger partial charge in [0.1, 0.15) is 0 Å². The van der Waals surface area contributed by atoms with Crippen molar-refractivity contribution in [3.8, 4) is 11.5 Å². The fourth-order valence-corrected chi connectivity index (χ4v) is 2.18. The molecule has 0 aromatic heterocycles. The Bertz CT molecular complexity index is 362. The van der Waals surface area contributed by atoms with Gasteiger partial charge in [-0.15, -0.1) is 0 Å². The average molecular weight is 237 g/mol. The topological polar surface area (TPSA) is 53.7 Å². The Morgan fingerprint density at radius 3 is 2.65 bits per heavy atom. The third-order valence-electron chi connectivity index (χ3n) is 3.07. The zero-order valence-corrected chi connectivity index (χ0v) is 10.1. The van der Waals surface area contributed by atoms with E-state index in [0.29, 0.717) is 12.7 Å². The summed E-state index contributed by atoms with van der Waals surface area (Å²) in [5.74, 6) is 6.60. The van der Waals surface area contributed by atoms with Crippen LogP contribution in [0, 0.1) is 0 Å². The number of ether oxygens (including phenoxy) is 2. The van der Waals surface area contributed by atoms with Crippen LogP contribution in [0.4, 0.5) is 0 Å². The van der Waals surface area contributed by atoms with Crippen LogP contribution in [0.15, 0.2) is 18.2 Å². The molecule has 0 saturated heterocycles. The molecule has 1 fully saturated rings. The highest BCUT2D eigenvalue weighted by molar-refractivity contribution is 5.43. The second-order valence-corrected chi connectivity index (χ2v) is 4.32. The van der Waals surface area contributed by atoms with Crippen LogP contribution >= 0.6 is 0 Å². The highest BCUT2D eigenvalue weighted by atomic mass is 16.6. The van der Waals surface area contributed by atoms with Gasteiger partial charge in [0.25, 0.3) is 0 Å². The number of rotatable bonds is 5. The highest BCUT2D eigenvalue weighted by Gasteiger charge is 2.18. The van der Waals surface area contributed by atoms with E-state index < -0.39 is 0 Å². The van der Waals surface area contributed by atoms with E-state index in [-0.39, 0.29) is 0 Å². The van der Waals surface area contributed by atoms with Gasteiger partial charge in [-0.2, -0.15) is 0 Å². The summed E-state index contributed by atoms with van der Waals surface area (Å²) in [6.07, 6.45) is 5.12. The van der Waals surface area contributed by atoms with Crippen molar-refractivity contribution in [1.82, 2.24) is 0 Å². The van der Waals surface area contributed by atoms with Gasteiger partial charge >= 0.3 is 0 Å². The Hall–Kier alpha value is -1.26. The molecule has 4 heteroatoms. The summed E-state index contributed by atoms with van der Waals surface area (Å²) in [5.41, 5.74) is 0.975. The number of hydrogen-bond donors (Lipinski definition) is 1. The maximum atomic E-state index is 5.93. The number of methoxy groups -OCH3 is 1.